The Hall–Kier alpha value is -3.92. The summed E-state index contributed by atoms with van der Waals surface area (Å²) in [6.07, 6.45) is 7.67. The highest BCUT2D eigenvalue weighted by Crippen LogP contribution is 2.25. The van der Waals surface area contributed by atoms with Gasteiger partial charge in [0.05, 0.1) is 19.4 Å². The van der Waals surface area contributed by atoms with Crippen molar-refractivity contribution in [1.29, 1.82) is 5.41 Å². The summed E-state index contributed by atoms with van der Waals surface area (Å²) in [6, 6.07) is 8.34. The van der Waals surface area contributed by atoms with Crippen molar-refractivity contribution in [2.75, 3.05) is 33.3 Å². The lowest BCUT2D eigenvalue weighted by molar-refractivity contribution is 0.163. The molecule has 1 saturated heterocycles. The molecule has 3 aromatic rings. The number of ether oxygens (including phenoxy) is 1. The Balaban J connectivity index is 1.22. The van der Waals surface area contributed by atoms with Gasteiger partial charge in [-0.1, -0.05) is 6.07 Å². The van der Waals surface area contributed by atoms with Gasteiger partial charge in [0.2, 0.25) is 0 Å². The monoisotopic (exact) mass is 505 g/mol. The molecule has 0 radical (unpaired) electrons. The van der Waals surface area contributed by atoms with Gasteiger partial charge in [0.1, 0.15) is 17.2 Å². The fraction of sp³-hybridized carbons (Fsp3) is 0.370. The largest absolute Gasteiger partial charge is 0.496 e. The van der Waals surface area contributed by atoms with Gasteiger partial charge in [-0.25, -0.2) is 14.2 Å². The molecule has 0 saturated carbocycles. The third-order valence-electron chi connectivity index (χ3n) is 7.16. The second-order valence-corrected chi connectivity index (χ2v) is 9.61. The summed E-state index contributed by atoms with van der Waals surface area (Å²) in [5.41, 5.74) is 9.97. The molecule has 1 atom stereocenters. The summed E-state index contributed by atoms with van der Waals surface area (Å²) in [6.45, 7) is 2.66. The van der Waals surface area contributed by atoms with E-state index in [9.17, 15) is 9.18 Å². The van der Waals surface area contributed by atoms with Crippen molar-refractivity contribution < 1.29 is 13.9 Å². The molecular formula is C27H32FN7O2. The van der Waals surface area contributed by atoms with Gasteiger partial charge in [-0.3, -0.25) is 10.3 Å². The Labute approximate surface area is 215 Å². The number of carbonyl (C=O) groups is 1. The first-order valence-corrected chi connectivity index (χ1v) is 12.5. The molecule has 0 aliphatic carbocycles. The minimum atomic E-state index is -0.287. The summed E-state index contributed by atoms with van der Waals surface area (Å²) in [4.78, 5) is 21.3. The van der Waals surface area contributed by atoms with Gasteiger partial charge in [0, 0.05) is 73.1 Å². The first-order chi connectivity index (χ1) is 17.9. The molecule has 2 aromatic heterocycles. The predicted octanol–water partition coefficient (Wildman–Crippen LogP) is 3.14. The van der Waals surface area contributed by atoms with Crippen LogP contribution in [0.25, 0.3) is 5.65 Å². The van der Waals surface area contributed by atoms with Gasteiger partial charge < -0.3 is 25.1 Å². The minimum Gasteiger partial charge on any atom is -0.496 e. The van der Waals surface area contributed by atoms with Crippen molar-refractivity contribution in [3.05, 3.63) is 77.1 Å². The first kappa shape index (κ1) is 24.8. The Kier molecular flexibility index (Phi) is 7.09. The number of rotatable bonds is 6. The van der Waals surface area contributed by atoms with Crippen LogP contribution < -0.4 is 15.8 Å². The molecule has 2 aliphatic heterocycles. The van der Waals surface area contributed by atoms with E-state index in [0.717, 1.165) is 30.6 Å². The van der Waals surface area contributed by atoms with Crippen LogP contribution in [0.5, 0.6) is 5.75 Å². The SMILES string of the molecule is COc1cccc(F)c1CN1CCC[C@@H](NC(=O)N2CCC(N)=C(C(=N)c3ccc4nccn4c3)C2)C1. The van der Waals surface area contributed by atoms with E-state index in [2.05, 4.69) is 15.2 Å². The molecule has 0 unspecified atom stereocenters. The molecular weight excluding hydrogens is 473 g/mol. The Morgan fingerprint density at radius 1 is 1.30 bits per heavy atom. The molecule has 37 heavy (non-hydrogen) atoms. The van der Waals surface area contributed by atoms with Gasteiger partial charge in [0.25, 0.3) is 0 Å². The maximum atomic E-state index is 14.4. The van der Waals surface area contributed by atoms with Crippen LogP contribution in [0.2, 0.25) is 0 Å². The van der Waals surface area contributed by atoms with Gasteiger partial charge in [0.15, 0.2) is 0 Å². The molecule has 1 aromatic carbocycles. The average molecular weight is 506 g/mol. The summed E-state index contributed by atoms with van der Waals surface area (Å²) >= 11 is 0. The van der Waals surface area contributed by atoms with Crippen molar-refractivity contribution >= 4 is 17.4 Å². The lowest BCUT2D eigenvalue weighted by atomic mass is 9.97. The van der Waals surface area contributed by atoms with Crippen LogP contribution in [0.3, 0.4) is 0 Å². The highest BCUT2D eigenvalue weighted by atomic mass is 19.1. The quantitative estimate of drug-likeness (QED) is 0.446. The molecule has 2 aliphatic rings. The van der Waals surface area contributed by atoms with Crippen molar-refractivity contribution in [1.82, 2.24) is 24.5 Å². The number of piperidine rings is 1. The second-order valence-electron chi connectivity index (χ2n) is 9.61. The summed E-state index contributed by atoms with van der Waals surface area (Å²) in [5, 5.41) is 11.9. The standard InChI is InChI=1S/C27H32FN7O2/c1-37-24-6-2-5-22(28)20(24)16-33-11-3-4-19(15-33)32-27(36)35-12-9-23(29)21(17-35)26(30)18-7-8-25-31-10-13-34(25)14-18/h2,5-8,10,13-14,19,30H,3-4,9,11-12,15-17,29H2,1H3,(H,32,36)/t19-/m1/s1. The molecule has 1 fully saturated rings. The number of amides is 2. The van der Waals surface area contributed by atoms with Crippen molar-refractivity contribution in [2.24, 2.45) is 5.73 Å². The van der Waals surface area contributed by atoms with Crippen LogP contribution in [0, 0.1) is 11.2 Å². The number of nitrogens with zero attached hydrogens (tertiary/aromatic N) is 4. The zero-order valence-corrected chi connectivity index (χ0v) is 20.9. The number of nitrogens with two attached hydrogens (primary N) is 1. The molecule has 10 heteroatoms. The van der Waals surface area contributed by atoms with Crippen molar-refractivity contribution in [3.8, 4) is 5.75 Å². The van der Waals surface area contributed by atoms with Crippen molar-refractivity contribution in [2.45, 2.75) is 31.8 Å². The van der Waals surface area contributed by atoms with E-state index < -0.39 is 0 Å². The van der Waals surface area contributed by atoms with E-state index in [1.807, 2.05) is 28.9 Å². The van der Waals surface area contributed by atoms with Crippen LogP contribution in [-0.2, 0) is 6.54 Å². The van der Waals surface area contributed by atoms with Crippen LogP contribution in [-0.4, -0.2) is 70.3 Å². The third-order valence-corrected chi connectivity index (χ3v) is 7.16. The smallest absolute Gasteiger partial charge is 0.317 e. The zero-order valence-electron chi connectivity index (χ0n) is 20.9. The highest BCUT2D eigenvalue weighted by molar-refractivity contribution is 6.11. The number of likely N-dealkylation sites (tertiary alicyclic amines) is 1. The lowest BCUT2D eigenvalue weighted by Gasteiger charge is -2.36. The number of fused-ring (bicyclic) bond motifs is 1. The normalized spacial score (nSPS) is 18.8. The maximum absolute atomic E-state index is 14.4. The predicted molar refractivity (Wildman–Crippen MR) is 139 cm³/mol. The minimum absolute atomic E-state index is 0.0474. The van der Waals surface area contributed by atoms with E-state index in [4.69, 9.17) is 15.9 Å². The van der Waals surface area contributed by atoms with Gasteiger partial charge in [-0.05, 0) is 43.7 Å². The number of pyridine rings is 1. The second kappa shape index (κ2) is 10.6. The molecule has 4 heterocycles. The molecule has 2 amide bonds. The Morgan fingerprint density at radius 3 is 3.00 bits per heavy atom. The maximum Gasteiger partial charge on any atom is 0.317 e. The number of urea groups is 1. The number of imidazole rings is 1. The average Bonchev–Trinajstić information content (AvgIpc) is 3.38. The fourth-order valence-corrected chi connectivity index (χ4v) is 5.12. The number of carbonyl (C=O) groups excluding carboxylic acids is 1. The van der Waals surface area contributed by atoms with Crippen molar-refractivity contribution in [3.63, 3.8) is 0 Å². The van der Waals surface area contributed by atoms with E-state index in [0.29, 0.717) is 54.3 Å². The lowest BCUT2D eigenvalue weighted by Crippen LogP contribution is -2.53. The molecule has 4 N–H and O–H groups in total. The van der Waals surface area contributed by atoms with Gasteiger partial charge >= 0.3 is 6.03 Å². The van der Waals surface area contributed by atoms with E-state index >= 15 is 0 Å². The summed E-state index contributed by atoms with van der Waals surface area (Å²) in [7, 11) is 1.54. The van der Waals surface area contributed by atoms with Crippen LogP contribution in [0.4, 0.5) is 9.18 Å². The topological polar surface area (TPSA) is 112 Å². The molecule has 0 spiro atoms. The number of benzene rings is 1. The van der Waals surface area contributed by atoms with E-state index in [1.165, 1.54) is 6.07 Å². The summed E-state index contributed by atoms with van der Waals surface area (Å²) < 4.78 is 21.6. The van der Waals surface area contributed by atoms with Crippen LogP contribution in [0.15, 0.2) is 60.2 Å². The number of methoxy groups -OCH3 is 1. The number of hydrogen-bond donors (Lipinski definition) is 3. The Morgan fingerprint density at radius 2 is 2.16 bits per heavy atom. The third kappa shape index (κ3) is 5.29. The number of aromatic nitrogens is 2. The first-order valence-electron chi connectivity index (χ1n) is 12.5. The molecule has 194 valence electrons. The highest BCUT2D eigenvalue weighted by Gasteiger charge is 2.28. The van der Waals surface area contributed by atoms with Gasteiger partial charge in [-0.15, -0.1) is 0 Å². The zero-order chi connectivity index (χ0) is 25.9. The summed E-state index contributed by atoms with van der Waals surface area (Å²) in [5.74, 6) is 0.247. The molecule has 0 bridgehead atoms. The van der Waals surface area contributed by atoms with E-state index in [-0.39, 0.29) is 24.4 Å². The fourth-order valence-electron chi connectivity index (χ4n) is 5.12. The molecule has 9 nitrogen and oxygen atoms in total. The van der Waals surface area contributed by atoms with E-state index in [1.54, 1.807) is 30.3 Å². The Bertz CT molecular complexity index is 1350. The van der Waals surface area contributed by atoms with Crippen LogP contribution >= 0.6 is 0 Å². The van der Waals surface area contributed by atoms with Crippen LogP contribution in [0.1, 0.15) is 30.4 Å². The number of halogens is 1. The van der Waals surface area contributed by atoms with Gasteiger partial charge in [-0.2, -0.15) is 0 Å². The number of nitrogens with one attached hydrogen (secondary N) is 2. The molecule has 5 rings (SSSR count). The number of hydrogen-bond acceptors (Lipinski definition) is 6.